The average molecular weight is 307 g/mol. The van der Waals surface area contributed by atoms with Crippen LogP contribution in [0.15, 0.2) is 12.1 Å². The van der Waals surface area contributed by atoms with Gasteiger partial charge in [0.2, 0.25) is 0 Å². The molecule has 0 spiro atoms. The summed E-state index contributed by atoms with van der Waals surface area (Å²) in [7, 11) is 1.60. The molecular weight excluding hydrogens is 286 g/mol. The molecule has 1 amide bonds. The lowest BCUT2D eigenvalue weighted by molar-refractivity contribution is -0.160. The predicted molar refractivity (Wildman–Crippen MR) is 80.3 cm³/mol. The van der Waals surface area contributed by atoms with Crippen LogP contribution in [-0.2, 0) is 9.53 Å². The third-order valence-electron chi connectivity index (χ3n) is 3.73. The lowest BCUT2D eigenvalue weighted by atomic mass is 10.0. The van der Waals surface area contributed by atoms with Crippen LogP contribution >= 0.6 is 0 Å². The Morgan fingerprint density at radius 2 is 1.86 bits per heavy atom. The molecule has 6 heteroatoms. The first kappa shape index (κ1) is 16.3. The van der Waals surface area contributed by atoms with Gasteiger partial charge < -0.3 is 19.5 Å². The zero-order chi connectivity index (χ0) is 16.4. The van der Waals surface area contributed by atoms with Gasteiger partial charge in [-0.1, -0.05) is 0 Å². The van der Waals surface area contributed by atoms with E-state index in [1.165, 1.54) is 4.90 Å². The molecule has 1 fully saturated rings. The summed E-state index contributed by atoms with van der Waals surface area (Å²) < 4.78 is 10.6. The van der Waals surface area contributed by atoms with Crippen LogP contribution in [0.1, 0.15) is 28.4 Å². The number of carboxylic acid groups (broad SMARTS) is 1. The van der Waals surface area contributed by atoms with Gasteiger partial charge in [0.15, 0.2) is 6.10 Å². The van der Waals surface area contributed by atoms with Crippen LogP contribution in [-0.4, -0.2) is 54.3 Å². The molecule has 0 aromatic heterocycles. The molecule has 1 saturated heterocycles. The van der Waals surface area contributed by atoms with Crippen molar-refractivity contribution in [2.45, 2.75) is 33.0 Å². The van der Waals surface area contributed by atoms with Crippen LogP contribution < -0.4 is 4.74 Å². The second kappa shape index (κ2) is 6.36. The van der Waals surface area contributed by atoms with E-state index in [0.717, 1.165) is 16.9 Å². The van der Waals surface area contributed by atoms with E-state index in [2.05, 4.69) is 0 Å². The van der Waals surface area contributed by atoms with Crippen molar-refractivity contribution < 1.29 is 24.2 Å². The van der Waals surface area contributed by atoms with Gasteiger partial charge >= 0.3 is 5.97 Å². The Balaban J connectivity index is 2.26. The predicted octanol–water partition coefficient (Wildman–Crippen LogP) is 1.63. The third-order valence-corrected chi connectivity index (χ3v) is 3.73. The monoisotopic (exact) mass is 307 g/mol. The molecule has 1 heterocycles. The number of hydrogen-bond acceptors (Lipinski definition) is 4. The highest BCUT2D eigenvalue weighted by molar-refractivity contribution is 5.95. The number of amides is 1. The molecule has 0 aliphatic carbocycles. The lowest BCUT2D eigenvalue weighted by Crippen LogP contribution is -2.51. The summed E-state index contributed by atoms with van der Waals surface area (Å²) in [6, 6.07) is 3.54. The van der Waals surface area contributed by atoms with Crippen LogP contribution in [0.4, 0.5) is 0 Å². The van der Waals surface area contributed by atoms with Gasteiger partial charge in [0.1, 0.15) is 5.75 Å². The molecule has 22 heavy (non-hydrogen) atoms. The van der Waals surface area contributed by atoms with E-state index >= 15 is 0 Å². The molecule has 1 aromatic carbocycles. The van der Waals surface area contributed by atoms with E-state index in [4.69, 9.17) is 14.6 Å². The van der Waals surface area contributed by atoms with Crippen LogP contribution in [0.3, 0.4) is 0 Å². The Kier molecular flexibility index (Phi) is 4.71. The van der Waals surface area contributed by atoms with Crippen LogP contribution in [0.2, 0.25) is 0 Å². The average Bonchev–Trinajstić information content (AvgIpc) is 2.45. The Labute approximate surface area is 129 Å². The number of methoxy groups -OCH3 is 1. The lowest BCUT2D eigenvalue weighted by Gasteiger charge is -2.35. The number of morpholine rings is 1. The summed E-state index contributed by atoms with van der Waals surface area (Å²) in [5.41, 5.74) is 2.29. The molecule has 0 radical (unpaired) electrons. The van der Waals surface area contributed by atoms with Gasteiger partial charge in [0.05, 0.1) is 19.8 Å². The first-order valence-corrected chi connectivity index (χ1v) is 7.16. The second-order valence-corrected chi connectivity index (χ2v) is 5.63. The number of rotatable bonds is 3. The molecule has 0 saturated carbocycles. The normalized spacial score (nSPS) is 21.5. The van der Waals surface area contributed by atoms with Crippen molar-refractivity contribution in [1.29, 1.82) is 0 Å². The number of hydrogen-bond donors (Lipinski definition) is 1. The van der Waals surface area contributed by atoms with Crippen molar-refractivity contribution in [3.63, 3.8) is 0 Å². The van der Waals surface area contributed by atoms with Gasteiger partial charge in [-0.3, -0.25) is 4.79 Å². The number of carbonyl (C=O) groups is 2. The smallest absolute Gasteiger partial charge is 0.334 e. The van der Waals surface area contributed by atoms with Crippen molar-refractivity contribution in [2.24, 2.45) is 0 Å². The Hall–Kier alpha value is -2.08. The van der Waals surface area contributed by atoms with E-state index in [1.807, 2.05) is 13.8 Å². The molecule has 6 nitrogen and oxygen atoms in total. The molecule has 0 bridgehead atoms. The minimum atomic E-state index is -1.05. The quantitative estimate of drug-likeness (QED) is 0.918. The van der Waals surface area contributed by atoms with Crippen molar-refractivity contribution in [1.82, 2.24) is 4.90 Å². The van der Waals surface area contributed by atoms with E-state index in [-0.39, 0.29) is 18.6 Å². The fourth-order valence-electron chi connectivity index (χ4n) is 2.83. The largest absolute Gasteiger partial charge is 0.496 e. The minimum absolute atomic E-state index is 0.0582. The highest BCUT2D eigenvalue weighted by Crippen LogP contribution is 2.25. The van der Waals surface area contributed by atoms with Gasteiger partial charge in [-0.25, -0.2) is 4.79 Å². The number of carbonyl (C=O) groups excluding carboxylic acids is 1. The van der Waals surface area contributed by atoms with Crippen molar-refractivity contribution in [3.05, 3.63) is 28.8 Å². The van der Waals surface area contributed by atoms with Crippen molar-refractivity contribution in [3.8, 4) is 5.75 Å². The molecule has 1 aromatic rings. The van der Waals surface area contributed by atoms with E-state index in [9.17, 15) is 9.59 Å². The minimum Gasteiger partial charge on any atom is -0.496 e. The fraction of sp³-hybridized carbons (Fsp3) is 0.500. The maximum Gasteiger partial charge on any atom is 0.334 e. The van der Waals surface area contributed by atoms with Gasteiger partial charge in [-0.05, 0) is 44.0 Å². The molecule has 1 unspecified atom stereocenters. The number of carboxylic acids is 1. The van der Waals surface area contributed by atoms with Crippen molar-refractivity contribution >= 4 is 11.9 Å². The molecule has 120 valence electrons. The molecule has 1 aliphatic heterocycles. The van der Waals surface area contributed by atoms with Gasteiger partial charge in [0, 0.05) is 12.1 Å². The number of aliphatic carboxylic acids is 1. The van der Waals surface area contributed by atoms with E-state index < -0.39 is 12.1 Å². The van der Waals surface area contributed by atoms with Gasteiger partial charge in [-0.2, -0.15) is 0 Å². The Bertz CT molecular complexity index is 575. The van der Waals surface area contributed by atoms with Crippen LogP contribution in [0.5, 0.6) is 5.75 Å². The molecular formula is C16H21NO5. The van der Waals surface area contributed by atoms with E-state index in [1.54, 1.807) is 26.2 Å². The first-order chi connectivity index (χ1) is 10.3. The molecule has 1 N–H and O–H groups in total. The highest BCUT2D eigenvalue weighted by Gasteiger charge is 2.33. The molecule has 2 atom stereocenters. The molecule has 1 aliphatic rings. The van der Waals surface area contributed by atoms with Crippen LogP contribution in [0.25, 0.3) is 0 Å². The third kappa shape index (κ3) is 3.22. The summed E-state index contributed by atoms with van der Waals surface area (Å²) >= 11 is 0. The molecule has 2 rings (SSSR count). The Morgan fingerprint density at radius 1 is 1.27 bits per heavy atom. The van der Waals surface area contributed by atoms with Gasteiger partial charge in [0.25, 0.3) is 5.91 Å². The number of benzene rings is 1. The summed E-state index contributed by atoms with van der Waals surface area (Å²) in [5, 5.41) is 9.10. The van der Waals surface area contributed by atoms with Crippen molar-refractivity contribution in [2.75, 3.05) is 20.2 Å². The number of nitrogens with zero attached hydrogens (tertiary/aromatic N) is 1. The summed E-state index contributed by atoms with van der Waals surface area (Å²) in [4.78, 5) is 25.3. The number of ether oxygens (including phenoxy) is 2. The zero-order valence-corrected chi connectivity index (χ0v) is 13.3. The topological polar surface area (TPSA) is 76.1 Å². The summed E-state index contributed by atoms with van der Waals surface area (Å²) in [5.74, 6) is -0.475. The van der Waals surface area contributed by atoms with Crippen LogP contribution in [0, 0.1) is 13.8 Å². The van der Waals surface area contributed by atoms with E-state index in [0.29, 0.717) is 12.1 Å². The Morgan fingerprint density at radius 3 is 2.36 bits per heavy atom. The summed E-state index contributed by atoms with van der Waals surface area (Å²) in [6.07, 6.45) is -1.28. The SMILES string of the molecule is COc1c(C)cc(C(=O)N2CC(C(=O)O)O[C@H](C)C2)cc1C. The van der Waals surface area contributed by atoms with Gasteiger partial charge in [-0.15, -0.1) is 0 Å². The summed E-state index contributed by atoms with van der Waals surface area (Å²) in [6.45, 7) is 5.96. The maximum atomic E-state index is 12.7. The second-order valence-electron chi connectivity index (χ2n) is 5.63. The number of aryl methyl sites for hydroxylation is 2. The highest BCUT2D eigenvalue weighted by atomic mass is 16.5. The maximum absolute atomic E-state index is 12.7. The standard InChI is InChI=1S/C16H21NO5/c1-9-5-12(6-10(2)14(9)21-4)15(18)17-7-11(3)22-13(8-17)16(19)20/h5-6,11,13H,7-8H2,1-4H3,(H,19,20)/t11-,13?/m1/s1. The first-order valence-electron chi connectivity index (χ1n) is 7.16. The fourth-order valence-corrected chi connectivity index (χ4v) is 2.83. The zero-order valence-electron chi connectivity index (χ0n) is 13.3.